The van der Waals surface area contributed by atoms with Crippen molar-refractivity contribution >= 4 is 28.4 Å². The van der Waals surface area contributed by atoms with Crippen molar-refractivity contribution in [1.82, 2.24) is 20.2 Å². The molecular weight excluding hydrogens is 376 g/mol. The minimum absolute atomic E-state index is 0.114. The zero-order valence-corrected chi connectivity index (χ0v) is 16.7. The van der Waals surface area contributed by atoms with E-state index in [0.29, 0.717) is 34.8 Å². The van der Waals surface area contributed by atoms with Crippen molar-refractivity contribution in [2.24, 2.45) is 0 Å². The van der Waals surface area contributed by atoms with Gasteiger partial charge in [-0.3, -0.25) is 14.5 Å². The Morgan fingerprint density at radius 2 is 1.93 bits per heavy atom. The van der Waals surface area contributed by atoms with Crippen LogP contribution in [0.4, 0.5) is 0 Å². The topological polar surface area (TPSA) is 78.1 Å². The van der Waals surface area contributed by atoms with E-state index in [1.54, 1.807) is 12.1 Å². The number of carbonyl (C=O) groups is 1. The van der Waals surface area contributed by atoms with Gasteiger partial charge in [0, 0.05) is 5.02 Å². The summed E-state index contributed by atoms with van der Waals surface area (Å²) >= 11 is 6.20. The van der Waals surface area contributed by atoms with E-state index in [0.717, 1.165) is 5.56 Å². The number of para-hydroxylation sites is 1. The third kappa shape index (κ3) is 4.77. The summed E-state index contributed by atoms with van der Waals surface area (Å²) in [5.74, 6) is 0.426. The molecule has 2 aromatic carbocycles. The molecule has 0 radical (unpaired) electrons. The zero-order chi connectivity index (χ0) is 20.1. The summed E-state index contributed by atoms with van der Waals surface area (Å²) in [7, 11) is 0. The van der Waals surface area contributed by atoms with Crippen LogP contribution in [0, 0.1) is 0 Å². The van der Waals surface area contributed by atoms with Gasteiger partial charge in [-0.05, 0) is 37.2 Å². The van der Waals surface area contributed by atoms with Crippen molar-refractivity contribution in [3.05, 3.63) is 75.3 Å². The van der Waals surface area contributed by atoms with Gasteiger partial charge in [-0.15, -0.1) is 0 Å². The Morgan fingerprint density at radius 3 is 2.68 bits per heavy atom. The number of hydrogen-bond acceptors (Lipinski definition) is 4. The largest absolute Gasteiger partial charge is 0.348 e. The number of fused-ring (bicyclic) bond motifs is 1. The van der Waals surface area contributed by atoms with Crippen molar-refractivity contribution in [3.63, 3.8) is 0 Å². The maximum Gasteiger partial charge on any atom is 0.258 e. The molecule has 28 heavy (non-hydrogen) atoms. The number of benzene rings is 2. The van der Waals surface area contributed by atoms with Crippen LogP contribution in [0.5, 0.6) is 0 Å². The van der Waals surface area contributed by atoms with E-state index in [2.05, 4.69) is 15.3 Å². The highest BCUT2D eigenvalue weighted by Crippen LogP contribution is 2.22. The van der Waals surface area contributed by atoms with Gasteiger partial charge in [0.25, 0.3) is 5.56 Å². The summed E-state index contributed by atoms with van der Waals surface area (Å²) in [6, 6.07) is 14.5. The van der Waals surface area contributed by atoms with Crippen LogP contribution < -0.4 is 10.9 Å². The van der Waals surface area contributed by atoms with Crippen LogP contribution in [0.3, 0.4) is 0 Å². The molecule has 0 saturated carbocycles. The summed E-state index contributed by atoms with van der Waals surface area (Å²) in [5, 5.41) is 4.15. The predicted octanol–water partition coefficient (Wildman–Crippen LogP) is 3.28. The molecule has 3 aromatic rings. The molecule has 1 aromatic heterocycles. The molecule has 6 nitrogen and oxygen atoms in total. The molecule has 1 atom stereocenters. The Bertz CT molecular complexity index is 1030. The van der Waals surface area contributed by atoms with E-state index >= 15 is 0 Å². The molecule has 0 unspecified atom stereocenters. The number of nitrogens with zero attached hydrogens (tertiary/aromatic N) is 2. The monoisotopic (exact) mass is 398 g/mol. The van der Waals surface area contributed by atoms with Crippen molar-refractivity contribution in [3.8, 4) is 0 Å². The van der Waals surface area contributed by atoms with E-state index in [4.69, 9.17) is 11.6 Å². The van der Waals surface area contributed by atoms with Crippen molar-refractivity contribution in [2.45, 2.75) is 26.4 Å². The van der Waals surface area contributed by atoms with Gasteiger partial charge in [-0.2, -0.15) is 0 Å². The fourth-order valence-corrected chi connectivity index (χ4v) is 3.39. The standard InChI is InChI=1S/C21H23ClN4O2/c1-3-26(12-19-24-18-11-7-5-9-16(18)21(28)25-19)13-20(27)23-14(2)15-8-4-6-10-17(15)22/h4-11,14H,3,12-13H2,1-2H3,(H,23,27)(H,24,25,28)/t14-/m1/s1. The summed E-state index contributed by atoms with van der Waals surface area (Å²) in [4.78, 5) is 33.9. The minimum Gasteiger partial charge on any atom is -0.348 e. The Morgan fingerprint density at radius 1 is 1.21 bits per heavy atom. The van der Waals surface area contributed by atoms with Crippen LogP contribution in [0.25, 0.3) is 10.9 Å². The molecule has 0 saturated heterocycles. The lowest BCUT2D eigenvalue weighted by molar-refractivity contribution is -0.123. The average molecular weight is 399 g/mol. The Balaban J connectivity index is 1.66. The molecule has 7 heteroatoms. The molecule has 0 fully saturated rings. The second kappa shape index (κ2) is 8.99. The molecule has 0 aliphatic rings. The molecule has 0 aliphatic heterocycles. The first-order chi connectivity index (χ1) is 13.5. The van der Waals surface area contributed by atoms with Crippen LogP contribution in [-0.4, -0.2) is 33.9 Å². The van der Waals surface area contributed by atoms with Gasteiger partial charge < -0.3 is 10.3 Å². The number of carbonyl (C=O) groups excluding carboxylic acids is 1. The van der Waals surface area contributed by atoms with Gasteiger partial charge in [-0.1, -0.05) is 48.9 Å². The van der Waals surface area contributed by atoms with Gasteiger partial charge in [0.15, 0.2) is 0 Å². The molecule has 3 rings (SSSR count). The molecule has 2 N–H and O–H groups in total. The fraction of sp³-hybridized carbons (Fsp3) is 0.286. The highest BCUT2D eigenvalue weighted by Gasteiger charge is 2.16. The van der Waals surface area contributed by atoms with Crippen molar-refractivity contribution in [2.75, 3.05) is 13.1 Å². The highest BCUT2D eigenvalue weighted by molar-refractivity contribution is 6.31. The number of nitrogens with one attached hydrogen (secondary N) is 2. The maximum atomic E-state index is 12.5. The van der Waals surface area contributed by atoms with Crippen molar-refractivity contribution in [1.29, 1.82) is 0 Å². The Hall–Kier alpha value is -2.70. The lowest BCUT2D eigenvalue weighted by atomic mass is 10.1. The number of aromatic nitrogens is 2. The average Bonchev–Trinajstić information content (AvgIpc) is 2.67. The molecule has 0 spiro atoms. The number of likely N-dealkylation sites (N-methyl/N-ethyl adjacent to an activating group) is 1. The number of halogens is 1. The normalized spacial score (nSPS) is 12.3. The van der Waals surface area contributed by atoms with E-state index in [1.807, 2.05) is 55.1 Å². The van der Waals surface area contributed by atoms with Crippen LogP contribution in [-0.2, 0) is 11.3 Å². The molecule has 146 valence electrons. The molecule has 0 bridgehead atoms. The maximum absolute atomic E-state index is 12.5. The Labute approximate surface area is 168 Å². The molecule has 1 heterocycles. The number of aromatic amines is 1. The summed E-state index contributed by atoms with van der Waals surface area (Å²) < 4.78 is 0. The second-order valence-electron chi connectivity index (χ2n) is 6.64. The highest BCUT2D eigenvalue weighted by atomic mass is 35.5. The predicted molar refractivity (Wildman–Crippen MR) is 111 cm³/mol. The van der Waals surface area contributed by atoms with Gasteiger partial charge in [-0.25, -0.2) is 4.98 Å². The molecular formula is C21H23ClN4O2. The SMILES string of the molecule is CCN(CC(=O)N[C@H](C)c1ccccc1Cl)Cc1nc2ccccc2c(=O)[nH]1. The third-order valence-electron chi connectivity index (χ3n) is 4.60. The van der Waals surface area contributed by atoms with Crippen LogP contribution in [0.1, 0.15) is 31.3 Å². The number of amides is 1. The quantitative estimate of drug-likeness (QED) is 0.640. The van der Waals surface area contributed by atoms with Gasteiger partial charge in [0.1, 0.15) is 5.82 Å². The smallest absolute Gasteiger partial charge is 0.258 e. The molecule has 0 aliphatic carbocycles. The summed E-state index contributed by atoms with van der Waals surface area (Å²) in [6.07, 6.45) is 0. The molecule has 1 amide bonds. The number of hydrogen-bond donors (Lipinski definition) is 2. The van der Waals surface area contributed by atoms with E-state index in [-0.39, 0.29) is 24.1 Å². The van der Waals surface area contributed by atoms with Gasteiger partial charge >= 0.3 is 0 Å². The zero-order valence-electron chi connectivity index (χ0n) is 15.9. The first-order valence-corrected chi connectivity index (χ1v) is 9.59. The second-order valence-corrected chi connectivity index (χ2v) is 7.05. The van der Waals surface area contributed by atoms with E-state index < -0.39 is 0 Å². The fourth-order valence-electron chi connectivity index (χ4n) is 3.10. The lowest BCUT2D eigenvalue weighted by Gasteiger charge is -2.21. The van der Waals surface area contributed by atoms with E-state index in [1.165, 1.54) is 0 Å². The number of H-pyrrole nitrogens is 1. The van der Waals surface area contributed by atoms with Gasteiger partial charge in [0.2, 0.25) is 5.91 Å². The van der Waals surface area contributed by atoms with E-state index in [9.17, 15) is 9.59 Å². The Kier molecular flexibility index (Phi) is 6.44. The van der Waals surface area contributed by atoms with Crippen LogP contribution in [0.15, 0.2) is 53.3 Å². The summed E-state index contributed by atoms with van der Waals surface area (Å²) in [5.41, 5.74) is 1.35. The first kappa shape index (κ1) is 20.0. The van der Waals surface area contributed by atoms with Crippen molar-refractivity contribution < 1.29 is 4.79 Å². The van der Waals surface area contributed by atoms with Crippen LogP contribution >= 0.6 is 11.6 Å². The summed E-state index contributed by atoms with van der Waals surface area (Å²) in [6.45, 7) is 5.08. The first-order valence-electron chi connectivity index (χ1n) is 9.22. The number of rotatable bonds is 7. The van der Waals surface area contributed by atoms with Crippen LogP contribution in [0.2, 0.25) is 5.02 Å². The third-order valence-corrected chi connectivity index (χ3v) is 4.94. The van der Waals surface area contributed by atoms with Gasteiger partial charge in [0.05, 0.1) is 30.0 Å². The minimum atomic E-state index is -0.196. The lowest BCUT2D eigenvalue weighted by Crippen LogP contribution is -2.38.